The molecular weight excluding hydrogens is 737 g/mol. The molecule has 1 aromatic heterocycles. The number of fused-ring (bicyclic) bond motifs is 8. The minimum absolute atomic E-state index is 0.112. The Labute approximate surface area is 357 Å². The predicted octanol–water partition coefficient (Wildman–Crippen LogP) is 17.0. The van der Waals surface area contributed by atoms with Crippen LogP contribution in [0, 0.1) is 0 Å². The lowest BCUT2D eigenvalue weighted by molar-refractivity contribution is 0.556. The summed E-state index contributed by atoms with van der Waals surface area (Å²) in [6, 6.07) is 56.4. The smallest absolute Gasteiger partial charge is 0.135 e. The van der Waals surface area contributed by atoms with Gasteiger partial charge in [-0.05, 0) is 159 Å². The molecule has 1 nitrogen and oxygen atoms in total. The highest BCUT2D eigenvalue weighted by molar-refractivity contribution is 6.20. The molecule has 0 N–H and O–H groups in total. The normalized spacial score (nSPS) is 13.2. The second-order valence-electron chi connectivity index (χ2n) is 17.2. The van der Waals surface area contributed by atoms with Crippen molar-refractivity contribution >= 4 is 71.8 Å². The lowest BCUT2D eigenvalue weighted by atomic mass is 9.81. The molecule has 0 saturated heterocycles. The van der Waals surface area contributed by atoms with Gasteiger partial charge in [0.1, 0.15) is 11.3 Å². The van der Waals surface area contributed by atoms with Gasteiger partial charge in [0.05, 0.1) is 0 Å². The third kappa shape index (κ3) is 5.61. The number of allylic oxidation sites excluding steroid dienone is 1. The zero-order valence-corrected chi connectivity index (χ0v) is 35.2. The molecule has 0 bridgehead atoms. The molecule has 0 spiro atoms. The number of benzene rings is 9. The molecule has 9 aromatic carbocycles. The van der Waals surface area contributed by atoms with Gasteiger partial charge in [0.2, 0.25) is 0 Å². The standard InChI is InChI=1S/C60H46O/c1-7-16-46-53-33-43-34-55-52(32-44(43)35-57(53)61-56(46)9-3)51-31-41(27-28-54(51)60(55,5)6)39-23-24-40-30-42(26-25-38(40)29-39)59-49-21-14-12-19-47(49)58(48-20-13-15-22-50(48)59)36(4)45-18-11-10-17-37(45)8-2/h7-8,10-35H,2,4,9H2,1,3,5-6H3/b16-7-. The number of aryl methyl sites for hydroxylation is 1. The minimum Gasteiger partial charge on any atom is -0.460 e. The number of rotatable bonds is 7. The van der Waals surface area contributed by atoms with Gasteiger partial charge >= 0.3 is 0 Å². The van der Waals surface area contributed by atoms with Crippen molar-refractivity contribution in [2.75, 3.05) is 0 Å². The van der Waals surface area contributed by atoms with Crippen molar-refractivity contribution in [3.63, 3.8) is 0 Å². The maximum Gasteiger partial charge on any atom is 0.135 e. The molecule has 0 unspecified atom stereocenters. The third-order valence-electron chi connectivity index (χ3n) is 13.4. The molecule has 61 heavy (non-hydrogen) atoms. The van der Waals surface area contributed by atoms with Crippen molar-refractivity contribution in [3.8, 4) is 33.4 Å². The van der Waals surface area contributed by atoms with Gasteiger partial charge in [0, 0.05) is 22.8 Å². The molecule has 11 rings (SSSR count). The number of hydrogen-bond donors (Lipinski definition) is 0. The Balaban J connectivity index is 1.00. The molecular formula is C60H46O. The Morgan fingerprint density at radius 2 is 1.20 bits per heavy atom. The van der Waals surface area contributed by atoms with Gasteiger partial charge in [-0.25, -0.2) is 0 Å². The molecule has 0 fully saturated rings. The predicted molar refractivity (Wildman–Crippen MR) is 263 cm³/mol. The fourth-order valence-electron chi connectivity index (χ4n) is 10.4. The monoisotopic (exact) mass is 782 g/mol. The van der Waals surface area contributed by atoms with Crippen LogP contribution in [0.2, 0.25) is 0 Å². The number of furan rings is 1. The van der Waals surface area contributed by atoms with Crippen LogP contribution >= 0.6 is 0 Å². The molecule has 292 valence electrons. The van der Waals surface area contributed by atoms with E-state index in [1.165, 1.54) is 104 Å². The first-order valence-corrected chi connectivity index (χ1v) is 21.5. The van der Waals surface area contributed by atoms with E-state index in [4.69, 9.17) is 11.0 Å². The third-order valence-corrected chi connectivity index (χ3v) is 13.4. The highest BCUT2D eigenvalue weighted by Gasteiger charge is 2.36. The molecule has 1 heterocycles. The van der Waals surface area contributed by atoms with Crippen molar-refractivity contribution in [2.45, 2.75) is 39.5 Å². The molecule has 0 radical (unpaired) electrons. The van der Waals surface area contributed by atoms with Crippen molar-refractivity contribution in [1.29, 1.82) is 0 Å². The molecule has 1 aliphatic rings. The Morgan fingerprint density at radius 3 is 1.90 bits per heavy atom. The summed E-state index contributed by atoms with van der Waals surface area (Å²) >= 11 is 0. The van der Waals surface area contributed by atoms with Gasteiger partial charge in [-0.2, -0.15) is 0 Å². The van der Waals surface area contributed by atoms with Crippen LogP contribution in [0.25, 0.3) is 105 Å². The summed E-state index contributed by atoms with van der Waals surface area (Å²) < 4.78 is 6.40. The minimum atomic E-state index is -0.112. The van der Waals surface area contributed by atoms with Crippen LogP contribution in [-0.2, 0) is 11.8 Å². The summed E-state index contributed by atoms with van der Waals surface area (Å²) in [6.07, 6.45) is 7.08. The topological polar surface area (TPSA) is 13.1 Å². The van der Waals surface area contributed by atoms with E-state index in [1.807, 2.05) is 6.08 Å². The molecule has 0 saturated carbocycles. The first kappa shape index (κ1) is 36.8. The fraction of sp³-hybridized carbons (Fsp3) is 0.100. The van der Waals surface area contributed by atoms with Crippen molar-refractivity contribution in [1.82, 2.24) is 0 Å². The van der Waals surface area contributed by atoms with Crippen molar-refractivity contribution < 1.29 is 4.42 Å². The van der Waals surface area contributed by atoms with E-state index in [1.54, 1.807) is 0 Å². The van der Waals surface area contributed by atoms with E-state index in [0.29, 0.717) is 0 Å². The summed E-state index contributed by atoms with van der Waals surface area (Å²) in [5.41, 5.74) is 16.7. The van der Waals surface area contributed by atoms with E-state index in [2.05, 4.69) is 198 Å². The van der Waals surface area contributed by atoms with Crippen molar-refractivity contribution in [3.05, 3.63) is 210 Å². The van der Waals surface area contributed by atoms with Crippen LogP contribution in [-0.4, -0.2) is 0 Å². The van der Waals surface area contributed by atoms with Crippen LogP contribution < -0.4 is 0 Å². The van der Waals surface area contributed by atoms with Crippen molar-refractivity contribution in [2.24, 2.45) is 0 Å². The second-order valence-corrected chi connectivity index (χ2v) is 17.2. The first-order chi connectivity index (χ1) is 29.8. The Hall–Kier alpha value is -7.22. The molecule has 10 aromatic rings. The van der Waals surface area contributed by atoms with Gasteiger partial charge < -0.3 is 4.42 Å². The highest BCUT2D eigenvalue weighted by atomic mass is 16.3. The summed E-state index contributed by atoms with van der Waals surface area (Å²) in [7, 11) is 0. The van der Waals surface area contributed by atoms with E-state index in [0.717, 1.165) is 34.5 Å². The zero-order valence-electron chi connectivity index (χ0n) is 35.2. The van der Waals surface area contributed by atoms with Gasteiger partial charge in [-0.3, -0.25) is 0 Å². The molecule has 0 atom stereocenters. The maximum atomic E-state index is 6.40. The summed E-state index contributed by atoms with van der Waals surface area (Å²) in [4.78, 5) is 0. The Morgan fingerprint density at radius 1 is 0.590 bits per heavy atom. The van der Waals surface area contributed by atoms with E-state index >= 15 is 0 Å². The lowest BCUT2D eigenvalue weighted by Crippen LogP contribution is -2.14. The largest absolute Gasteiger partial charge is 0.460 e. The van der Waals surface area contributed by atoms with Crippen LogP contribution in [0.15, 0.2) is 175 Å². The average Bonchev–Trinajstić information content (AvgIpc) is 3.74. The van der Waals surface area contributed by atoms with Gasteiger partial charge in [0.25, 0.3) is 0 Å². The summed E-state index contributed by atoms with van der Waals surface area (Å²) in [5, 5.41) is 10.9. The first-order valence-electron chi connectivity index (χ1n) is 21.5. The fourth-order valence-corrected chi connectivity index (χ4v) is 10.4. The highest BCUT2D eigenvalue weighted by Crippen LogP contribution is 2.52. The Bertz CT molecular complexity index is 3470. The SMILES string of the molecule is C=Cc1ccccc1C(=C)c1c2ccccc2c(-c2ccc3cc(-c4ccc5c(c4)-c4cc6cc7oc(CC)c(/C=C\C)c7cc6cc4C5(C)C)ccc3c2)c2ccccc12. The molecule has 0 amide bonds. The Kier molecular flexibility index (Phi) is 8.41. The lowest BCUT2D eigenvalue weighted by Gasteiger charge is -2.22. The quantitative estimate of drug-likeness (QED) is 0.147. The van der Waals surface area contributed by atoms with Crippen LogP contribution in [0.3, 0.4) is 0 Å². The molecule has 0 aliphatic heterocycles. The molecule has 1 heteroatoms. The van der Waals surface area contributed by atoms with E-state index < -0.39 is 0 Å². The van der Waals surface area contributed by atoms with Gasteiger partial charge in [-0.15, -0.1) is 0 Å². The van der Waals surface area contributed by atoms with Gasteiger partial charge in [0.15, 0.2) is 0 Å². The second kappa shape index (κ2) is 13.9. The summed E-state index contributed by atoms with van der Waals surface area (Å²) in [6.45, 7) is 17.8. The molecule has 1 aliphatic carbocycles. The van der Waals surface area contributed by atoms with Crippen LogP contribution in [0.5, 0.6) is 0 Å². The number of hydrogen-bond acceptors (Lipinski definition) is 1. The van der Waals surface area contributed by atoms with E-state index in [9.17, 15) is 0 Å². The van der Waals surface area contributed by atoms with Crippen LogP contribution in [0.1, 0.15) is 66.8 Å². The maximum absolute atomic E-state index is 6.40. The zero-order chi connectivity index (χ0) is 41.6. The average molecular weight is 783 g/mol. The van der Waals surface area contributed by atoms with Gasteiger partial charge in [-0.1, -0.05) is 161 Å². The summed E-state index contributed by atoms with van der Waals surface area (Å²) in [5.74, 6) is 1.04. The van der Waals surface area contributed by atoms with E-state index in [-0.39, 0.29) is 5.41 Å². The van der Waals surface area contributed by atoms with Crippen LogP contribution in [0.4, 0.5) is 0 Å².